The fraction of sp³-hybridized carbons (Fsp3) is 0.143. The first-order valence-corrected chi connectivity index (χ1v) is 5.69. The Morgan fingerprint density at radius 2 is 2.31 bits per heavy atom. The second-order valence-electron chi connectivity index (χ2n) is 2.43. The Morgan fingerprint density at radius 1 is 1.46 bits per heavy atom. The molecule has 2 heterocycles. The quantitative estimate of drug-likeness (QED) is 0.725. The highest BCUT2D eigenvalue weighted by Crippen LogP contribution is 2.14. The number of aromatic nitrogens is 3. The van der Waals surface area contributed by atoms with Crippen LogP contribution in [0.25, 0.3) is 0 Å². The van der Waals surface area contributed by atoms with Gasteiger partial charge < -0.3 is 9.09 Å². The molecule has 0 saturated carbocycles. The van der Waals surface area contributed by atoms with Crippen LogP contribution in [0.4, 0.5) is 0 Å². The molecular formula is C7H5I2N3O. The Morgan fingerprint density at radius 3 is 2.85 bits per heavy atom. The first kappa shape index (κ1) is 9.44. The van der Waals surface area contributed by atoms with E-state index in [1.54, 1.807) is 12.5 Å². The third-order valence-electron chi connectivity index (χ3n) is 1.55. The van der Waals surface area contributed by atoms with Crippen molar-refractivity contribution in [1.29, 1.82) is 0 Å². The molecule has 2 rings (SSSR count). The lowest BCUT2D eigenvalue weighted by Gasteiger charge is -1.98. The van der Waals surface area contributed by atoms with Gasteiger partial charge in [0.2, 0.25) is 0 Å². The summed E-state index contributed by atoms with van der Waals surface area (Å²) in [6.07, 6.45) is 3.44. The van der Waals surface area contributed by atoms with Crippen LogP contribution < -0.4 is 0 Å². The molecule has 0 aliphatic heterocycles. The van der Waals surface area contributed by atoms with Crippen LogP contribution in [-0.4, -0.2) is 14.7 Å². The van der Waals surface area contributed by atoms with Gasteiger partial charge in [-0.15, -0.1) is 0 Å². The highest BCUT2D eigenvalue weighted by Gasteiger charge is 2.06. The summed E-state index contributed by atoms with van der Waals surface area (Å²) in [6.45, 7) is 0.689. The number of hydrogen-bond acceptors (Lipinski definition) is 3. The van der Waals surface area contributed by atoms with Crippen LogP contribution in [0.5, 0.6) is 0 Å². The Balaban J connectivity index is 2.24. The third kappa shape index (κ3) is 2.03. The van der Waals surface area contributed by atoms with Crippen molar-refractivity contribution in [2.75, 3.05) is 0 Å². The predicted molar refractivity (Wildman–Crippen MR) is 63.3 cm³/mol. The van der Waals surface area contributed by atoms with Gasteiger partial charge in [-0.05, 0) is 45.2 Å². The summed E-state index contributed by atoms with van der Waals surface area (Å²) in [7, 11) is 0. The van der Waals surface area contributed by atoms with Crippen LogP contribution >= 0.6 is 45.2 Å². The Hall–Kier alpha value is -0.120. The minimum absolute atomic E-state index is 0.689. The van der Waals surface area contributed by atoms with Gasteiger partial charge in [0, 0.05) is 6.07 Å². The van der Waals surface area contributed by atoms with Crippen LogP contribution in [0.2, 0.25) is 0 Å². The monoisotopic (exact) mass is 401 g/mol. The fourth-order valence-electron chi connectivity index (χ4n) is 0.945. The number of hydrogen-bond donors (Lipinski definition) is 0. The van der Waals surface area contributed by atoms with Crippen LogP contribution in [0.1, 0.15) is 5.76 Å². The van der Waals surface area contributed by atoms with Crippen molar-refractivity contribution in [3.05, 3.63) is 31.8 Å². The molecule has 0 unspecified atom stereocenters. The first-order valence-electron chi connectivity index (χ1n) is 3.53. The van der Waals surface area contributed by atoms with E-state index in [4.69, 9.17) is 4.52 Å². The van der Waals surface area contributed by atoms with E-state index in [-0.39, 0.29) is 0 Å². The third-order valence-corrected chi connectivity index (χ3v) is 4.50. The van der Waals surface area contributed by atoms with Crippen molar-refractivity contribution in [1.82, 2.24) is 14.7 Å². The molecule has 6 heteroatoms. The van der Waals surface area contributed by atoms with Crippen molar-refractivity contribution in [3.63, 3.8) is 0 Å². The summed E-state index contributed by atoms with van der Waals surface area (Å²) in [5.74, 6) is 0.840. The standard InChI is InChI=1S/C7H5I2N3O/c8-6-7(9)12(4-10-6)3-5-1-2-11-13-5/h1-2,4H,3H2. The Bertz CT molecular complexity index is 396. The molecule has 0 aliphatic rings. The summed E-state index contributed by atoms with van der Waals surface area (Å²) < 4.78 is 9.15. The van der Waals surface area contributed by atoms with E-state index < -0.39 is 0 Å². The molecule has 0 bridgehead atoms. The molecule has 0 spiro atoms. The molecule has 0 saturated heterocycles. The molecule has 2 aromatic heterocycles. The van der Waals surface area contributed by atoms with Gasteiger partial charge >= 0.3 is 0 Å². The second-order valence-corrected chi connectivity index (χ2v) is 4.48. The SMILES string of the molecule is Ic1ncn(Cc2ccno2)c1I. The van der Waals surface area contributed by atoms with Crippen molar-refractivity contribution >= 4 is 45.2 Å². The van der Waals surface area contributed by atoms with Crippen LogP contribution in [-0.2, 0) is 6.54 Å². The molecule has 2 aromatic rings. The molecule has 0 aliphatic carbocycles. The summed E-state index contributed by atoms with van der Waals surface area (Å²) in [5, 5.41) is 3.64. The zero-order valence-electron chi connectivity index (χ0n) is 6.44. The van der Waals surface area contributed by atoms with Gasteiger partial charge in [-0.1, -0.05) is 5.16 Å². The van der Waals surface area contributed by atoms with Crippen LogP contribution in [0, 0.1) is 7.40 Å². The lowest BCUT2D eigenvalue weighted by molar-refractivity contribution is 0.375. The molecular weight excluding hydrogens is 396 g/mol. The van der Waals surface area contributed by atoms with Crippen molar-refractivity contribution < 1.29 is 4.52 Å². The van der Waals surface area contributed by atoms with Gasteiger partial charge in [-0.3, -0.25) is 0 Å². The molecule has 13 heavy (non-hydrogen) atoms. The molecule has 0 radical (unpaired) electrons. The highest BCUT2D eigenvalue weighted by molar-refractivity contribution is 14.1. The summed E-state index contributed by atoms with van der Waals surface area (Å²) in [4.78, 5) is 4.18. The van der Waals surface area contributed by atoms with Gasteiger partial charge in [-0.2, -0.15) is 0 Å². The van der Waals surface area contributed by atoms with E-state index in [0.29, 0.717) is 6.54 Å². The normalized spacial score (nSPS) is 10.6. The van der Waals surface area contributed by atoms with E-state index in [1.165, 1.54) is 0 Å². The van der Waals surface area contributed by atoms with E-state index >= 15 is 0 Å². The largest absolute Gasteiger partial charge is 0.359 e. The molecule has 0 aromatic carbocycles. The van der Waals surface area contributed by atoms with Crippen LogP contribution in [0.3, 0.4) is 0 Å². The zero-order valence-corrected chi connectivity index (χ0v) is 10.8. The number of rotatable bonds is 2. The van der Waals surface area contributed by atoms with Gasteiger partial charge in [-0.25, -0.2) is 4.98 Å². The minimum Gasteiger partial charge on any atom is -0.359 e. The summed E-state index contributed by atoms with van der Waals surface area (Å²) >= 11 is 4.46. The van der Waals surface area contributed by atoms with Gasteiger partial charge in [0.1, 0.15) is 7.40 Å². The number of imidazole rings is 1. The smallest absolute Gasteiger partial charge is 0.156 e. The molecule has 68 valence electrons. The van der Waals surface area contributed by atoms with Gasteiger partial charge in [0.05, 0.1) is 19.1 Å². The molecule has 0 fully saturated rings. The van der Waals surface area contributed by atoms with Crippen molar-refractivity contribution in [2.45, 2.75) is 6.54 Å². The van der Waals surface area contributed by atoms with Crippen LogP contribution in [0.15, 0.2) is 23.1 Å². The zero-order chi connectivity index (χ0) is 9.26. The van der Waals surface area contributed by atoms with Crippen molar-refractivity contribution in [2.24, 2.45) is 0 Å². The molecule has 0 amide bonds. The summed E-state index contributed by atoms with van der Waals surface area (Å²) in [5.41, 5.74) is 0. The predicted octanol–water partition coefficient (Wildman–Crippen LogP) is 2.13. The second kappa shape index (κ2) is 3.95. The maximum atomic E-state index is 5.00. The van der Waals surface area contributed by atoms with E-state index in [2.05, 4.69) is 55.3 Å². The molecule has 0 N–H and O–H groups in total. The summed E-state index contributed by atoms with van der Waals surface area (Å²) in [6, 6.07) is 1.85. The lowest BCUT2D eigenvalue weighted by atomic mass is 10.4. The van der Waals surface area contributed by atoms with E-state index in [0.717, 1.165) is 13.2 Å². The maximum absolute atomic E-state index is 5.00. The Kier molecular flexibility index (Phi) is 2.86. The fourth-order valence-corrected chi connectivity index (χ4v) is 1.81. The number of nitrogens with zero attached hydrogens (tertiary/aromatic N) is 3. The average molecular weight is 401 g/mol. The average Bonchev–Trinajstić information content (AvgIpc) is 2.71. The maximum Gasteiger partial charge on any atom is 0.156 e. The van der Waals surface area contributed by atoms with Gasteiger partial charge in [0.25, 0.3) is 0 Å². The Labute approximate surface area is 102 Å². The first-order chi connectivity index (χ1) is 6.27. The lowest BCUT2D eigenvalue weighted by Crippen LogP contribution is -1.99. The van der Waals surface area contributed by atoms with E-state index in [1.807, 2.05) is 10.6 Å². The minimum atomic E-state index is 0.689. The number of halogens is 2. The highest BCUT2D eigenvalue weighted by atomic mass is 127. The molecule has 4 nitrogen and oxygen atoms in total. The molecule has 0 atom stereocenters. The van der Waals surface area contributed by atoms with Crippen molar-refractivity contribution in [3.8, 4) is 0 Å². The van der Waals surface area contributed by atoms with Gasteiger partial charge in [0.15, 0.2) is 5.76 Å². The topological polar surface area (TPSA) is 43.9 Å². The van der Waals surface area contributed by atoms with E-state index in [9.17, 15) is 0 Å².